The third-order valence-electron chi connectivity index (χ3n) is 4.48. The van der Waals surface area contributed by atoms with E-state index in [9.17, 15) is 14.4 Å². The first-order valence-corrected chi connectivity index (χ1v) is 11.0. The summed E-state index contributed by atoms with van der Waals surface area (Å²) in [6.07, 6.45) is 1.63. The molecule has 0 saturated carbocycles. The number of Topliss-reactive ketones (excluding diaryl/α,β-unsaturated/α-hetero) is 1. The Hall–Kier alpha value is -3.16. The van der Waals surface area contributed by atoms with Gasteiger partial charge in [0.1, 0.15) is 11.5 Å². The van der Waals surface area contributed by atoms with E-state index in [1.165, 1.54) is 0 Å². The molecule has 3 aromatic rings. The van der Waals surface area contributed by atoms with Crippen molar-refractivity contribution in [2.45, 2.75) is 0 Å². The molecule has 0 spiro atoms. The number of nitrogens with zero attached hydrogens (tertiary/aromatic N) is 1. The zero-order chi connectivity index (χ0) is 21.8. The number of imide groups is 1. The van der Waals surface area contributed by atoms with Crippen LogP contribution in [-0.2, 0) is 4.79 Å². The third kappa shape index (κ3) is 5.13. The molecule has 7 heteroatoms. The van der Waals surface area contributed by atoms with Crippen LogP contribution < -0.4 is 4.74 Å². The quantitative estimate of drug-likeness (QED) is 0.303. The number of para-hydroxylation sites is 1. The molecule has 154 valence electrons. The van der Waals surface area contributed by atoms with E-state index in [1.807, 2.05) is 48.5 Å². The number of halogens is 1. The highest BCUT2D eigenvalue weighted by Gasteiger charge is 2.36. The third-order valence-corrected chi connectivity index (χ3v) is 5.91. The molecule has 0 bridgehead atoms. The van der Waals surface area contributed by atoms with Gasteiger partial charge in [0.2, 0.25) is 0 Å². The second-order valence-electron chi connectivity index (χ2n) is 6.69. The van der Waals surface area contributed by atoms with Crippen LogP contribution in [0, 0.1) is 0 Å². The van der Waals surface area contributed by atoms with Crippen molar-refractivity contribution < 1.29 is 19.1 Å². The molecule has 2 amide bonds. The molecule has 0 aliphatic carbocycles. The fraction of sp³-hybridized carbons (Fsp3) is 0.0417. The Morgan fingerprint density at radius 3 is 2.39 bits per heavy atom. The van der Waals surface area contributed by atoms with Gasteiger partial charge in [-0.1, -0.05) is 58.4 Å². The number of hydrogen-bond donors (Lipinski definition) is 0. The highest BCUT2D eigenvalue weighted by molar-refractivity contribution is 9.10. The first kappa shape index (κ1) is 21.1. The number of hydrogen-bond acceptors (Lipinski definition) is 5. The van der Waals surface area contributed by atoms with Crippen molar-refractivity contribution in [3.05, 3.63) is 99.4 Å². The first-order chi connectivity index (χ1) is 15.0. The summed E-state index contributed by atoms with van der Waals surface area (Å²) in [5, 5.41) is -0.460. The molecule has 3 aromatic carbocycles. The van der Waals surface area contributed by atoms with Gasteiger partial charge < -0.3 is 4.74 Å². The molecule has 5 nitrogen and oxygen atoms in total. The van der Waals surface area contributed by atoms with Crippen molar-refractivity contribution in [3.63, 3.8) is 0 Å². The Balaban J connectivity index is 1.48. The Labute approximate surface area is 191 Å². The van der Waals surface area contributed by atoms with Crippen molar-refractivity contribution in [2.24, 2.45) is 0 Å². The van der Waals surface area contributed by atoms with Crippen molar-refractivity contribution in [3.8, 4) is 11.5 Å². The van der Waals surface area contributed by atoms with E-state index in [2.05, 4.69) is 15.9 Å². The maximum absolute atomic E-state index is 12.7. The van der Waals surface area contributed by atoms with Gasteiger partial charge in [-0.05, 0) is 59.8 Å². The lowest BCUT2D eigenvalue weighted by molar-refractivity contribution is -0.122. The first-order valence-electron chi connectivity index (χ1n) is 9.37. The zero-order valence-electron chi connectivity index (χ0n) is 16.2. The van der Waals surface area contributed by atoms with Crippen LogP contribution in [0.5, 0.6) is 11.5 Å². The topological polar surface area (TPSA) is 63.7 Å². The van der Waals surface area contributed by atoms with Gasteiger partial charge in [0, 0.05) is 10.0 Å². The number of thioether (sulfide) groups is 1. The maximum atomic E-state index is 12.7. The molecule has 1 saturated heterocycles. The number of ketones is 1. The standard InChI is InChI=1S/C24H16BrNO4S/c25-18-11-9-17(10-12-18)21(27)15-26-23(28)22(31-24(26)29)14-16-5-4-8-20(13-16)30-19-6-2-1-3-7-19/h1-14H,15H2/b22-14+. The fourth-order valence-electron chi connectivity index (χ4n) is 2.95. The monoisotopic (exact) mass is 493 g/mol. The number of carbonyl (C=O) groups is 3. The predicted molar refractivity (Wildman–Crippen MR) is 124 cm³/mol. The zero-order valence-corrected chi connectivity index (χ0v) is 18.6. The molecule has 1 aliphatic heterocycles. The maximum Gasteiger partial charge on any atom is 0.293 e. The van der Waals surface area contributed by atoms with Gasteiger partial charge in [-0.15, -0.1) is 0 Å². The van der Waals surface area contributed by atoms with Gasteiger partial charge in [-0.25, -0.2) is 0 Å². The lowest BCUT2D eigenvalue weighted by atomic mass is 10.1. The van der Waals surface area contributed by atoms with E-state index >= 15 is 0 Å². The second-order valence-corrected chi connectivity index (χ2v) is 8.59. The van der Waals surface area contributed by atoms with E-state index in [4.69, 9.17) is 4.74 Å². The molecule has 1 heterocycles. The van der Waals surface area contributed by atoms with Gasteiger partial charge in [0.25, 0.3) is 11.1 Å². The summed E-state index contributed by atoms with van der Waals surface area (Å²) in [6.45, 7) is -0.291. The molecular weight excluding hydrogens is 478 g/mol. The van der Waals surface area contributed by atoms with E-state index in [1.54, 1.807) is 36.4 Å². The lowest BCUT2D eigenvalue weighted by Gasteiger charge is -2.11. The number of amides is 2. The summed E-state index contributed by atoms with van der Waals surface area (Å²) in [6, 6.07) is 23.4. The van der Waals surface area contributed by atoms with Gasteiger partial charge in [-0.2, -0.15) is 0 Å². The lowest BCUT2D eigenvalue weighted by Crippen LogP contribution is -2.33. The Morgan fingerprint density at radius 2 is 1.65 bits per heavy atom. The normalized spacial score (nSPS) is 14.9. The molecule has 4 rings (SSSR count). The summed E-state index contributed by atoms with van der Waals surface area (Å²) in [5.41, 5.74) is 1.16. The van der Waals surface area contributed by atoms with E-state index in [0.29, 0.717) is 17.1 Å². The Kier molecular flexibility index (Phi) is 6.34. The molecule has 0 unspecified atom stereocenters. The van der Waals surface area contributed by atoms with Crippen LogP contribution in [0.2, 0.25) is 0 Å². The molecule has 31 heavy (non-hydrogen) atoms. The highest BCUT2D eigenvalue weighted by Crippen LogP contribution is 2.33. The summed E-state index contributed by atoms with van der Waals surface area (Å²) < 4.78 is 6.66. The molecule has 1 fully saturated rings. The van der Waals surface area contributed by atoms with Gasteiger partial charge >= 0.3 is 0 Å². The Bertz CT molecular complexity index is 1180. The van der Waals surface area contributed by atoms with Crippen LogP contribution in [0.4, 0.5) is 4.79 Å². The number of benzene rings is 3. The van der Waals surface area contributed by atoms with Crippen molar-refractivity contribution in [2.75, 3.05) is 6.54 Å². The number of rotatable bonds is 6. The molecule has 1 aliphatic rings. The van der Waals surface area contributed by atoms with Crippen LogP contribution >= 0.6 is 27.7 Å². The average Bonchev–Trinajstić information content (AvgIpc) is 3.02. The van der Waals surface area contributed by atoms with Crippen molar-refractivity contribution in [1.29, 1.82) is 0 Å². The van der Waals surface area contributed by atoms with Crippen molar-refractivity contribution in [1.82, 2.24) is 4.90 Å². The summed E-state index contributed by atoms with van der Waals surface area (Å²) >= 11 is 4.14. The predicted octanol–water partition coefficient (Wildman–Crippen LogP) is 6.16. The van der Waals surface area contributed by atoms with Gasteiger partial charge in [0.05, 0.1) is 11.4 Å². The number of carbonyl (C=O) groups excluding carboxylic acids is 3. The minimum Gasteiger partial charge on any atom is -0.457 e. The average molecular weight is 494 g/mol. The van der Waals surface area contributed by atoms with Crippen LogP contribution in [-0.4, -0.2) is 28.4 Å². The van der Waals surface area contributed by atoms with Crippen LogP contribution in [0.15, 0.2) is 88.2 Å². The SMILES string of the molecule is O=C(CN1C(=O)S/C(=C/c2cccc(Oc3ccccc3)c2)C1=O)c1ccc(Br)cc1. The minimum absolute atomic E-state index is 0.269. The summed E-state index contributed by atoms with van der Waals surface area (Å²) in [7, 11) is 0. The molecular formula is C24H16BrNO4S. The van der Waals surface area contributed by atoms with Gasteiger partial charge in [0.15, 0.2) is 5.78 Å². The Morgan fingerprint density at radius 1 is 0.935 bits per heavy atom. The molecule has 0 atom stereocenters. The fourth-order valence-corrected chi connectivity index (χ4v) is 4.05. The van der Waals surface area contributed by atoms with E-state index < -0.39 is 11.1 Å². The minimum atomic E-state index is -0.477. The number of ether oxygens (including phenoxy) is 1. The molecule has 0 radical (unpaired) electrons. The molecule has 0 N–H and O–H groups in total. The van der Waals surface area contributed by atoms with Crippen molar-refractivity contribution >= 4 is 50.7 Å². The van der Waals surface area contributed by atoms with Crippen LogP contribution in [0.1, 0.15) is 15.9 Å². The van der Waals surface area contributed by atoms with Crippen LogP contribution in [0.25, 0.3) is 6.08 Å². The summed E-state index contributed by atoms with van der Waals surface area (Å²) in [5.74, 6) is 0.542. The second kappa shape index (κ2) is 9.32. The largest absolute Gasteiger partial charge is 0.457 e. The molecule has 0 aromatic heterocycles. The highest BCUT2D eigenvalue weighted by atomic mass is 79.9. The van der Waals surface area contributed by atoms with Gasteiger partial charge in [-0.3, -0.25) is 19.3 Å². The van der Waals surface area contributed by atoms with Crippen LogP contribution in [0.3, 0.4) is 0 Å². The smallest absolute Gasteiger partial charge is 0.293 e. The summed E-state index contributed by atoms with van der Waals surface area (Å²) in [4.78, 5) is 38.8. The van der Waals surface area contributed by atoms with E-state index in [-0.39, 0.29) is 17.2 Å². The van der Waals surface area contributed by atoms with E-state index in [0.717, 1.165) is 26.7 Å².